The monoisotopic (exact) mass is 273 g/mol. The van der Waals surface area contributed by atoms with Crippen molar-refractivity contribution in [1.82, 2.24) is 0 Å². The van der Waals surface area contributed by atoms with E-state index in [4.69, 9.17) is 0 Å². The van der Waals surface area contributed by atoms with Crippen LogP contribution in [0, 0.1) is 6.92 Å². The van der Waals surface area contributed by atoms with E-state index in [1.54, 1.807) is 0 Å². The standard InChI is InChI=1S/C19H15NO/c1-13-8-10-16(11-9-13)20-12-15-6-2-4-14-5-3-7-17(18(14)15)19(20)21/h2-11H,12H2,1H3. The van der Waals surface area contributed by atoms with Crippen LogP contribution in [-0.4, -0.2) is 5.91 Å². The summed E-state index contributed by atoms with van der Waals surface area (Å²) in [6.07, 6.45) is 0. The fourth-order valence-electron chi connectivity index (χ4n) is 3.05. The van der Waals surface area contributed by atoms with Crippen molar-refractivity contribution in [2.45, 2.75) is 13.5 Å². The predicted molar refractivity (Wildman–Crippen MR) is 85.6 cm³/mol. The molecule has 0 bridgehead atoms. The third-order valence-corrected chi connectivity index (χ3v) is 4.14. The molecule has 0 radical (unpaired) electrons. The number of carbonyl (C=O) groups excluding carboxylic acids is 1. The Balaban J connectivity index is 1.89. The van der Waals surface area contributed by atoms with Crippen LogP contribution in [0.15, 0.2) is 60.7 Å². The summed E-state index contributed by atoms with van der Waals surface area (Å²) in [7, 11) is 0. The van der Waals surface area contributed by atoms with E-state index in [9.17, 15) is 4.79 Å². The van der Waals surface area contributed by atoms with Crippen molar-refractivity contribution in [3.05, 3.63) is 77.4 Å². The van der Waals surface area contributed by atoms with Gasteiger partial charge in [0.15, 0.2) is 0 Å². The van der Waals surface area contributed by atoms with E-state index in [-0.39, 0.29) is 5.91 Å². The van der Waals surface area contributed by atoms with Crippen molar-refractivity contribution in [3.8, 4) is 0 Å². The molecule has 0 unspecified atom stereocenters. The fraction of sp³-hybridized carbons (Fsp3) is 0.105. The number of aryl methyl sites for hydroxylation is 1. The molecule has 21 heavy (non-hydrogen) atoms. The molecule has 2 nitrogen and oxygen atoms in total. The van der Waals surface area contributed by atoms with Gasteiger partial charge in [-0.25, -0.2) is 0 Å². The number of amides is 1. The summed E-state index contributed by atoms with van der Waals surface area (Å²) in [6.45, 7) is 2.69. The maximum atomic E-state index is 12.8. The molecule has 1 aliphatic rings. The summed E-state index contributed by atoms with van der Waals surface area (Å²) in [5.74, 6) is 0.0863. The highest BCUT2D eigenvalue weighted by Gasteiger charge is 2.26. The number of rotatable bonds is 1. The summed E-state index contributed by atoms with van der Waals surface area (Å²) < 4.78 is 0. The molecule has 2 heteroatoms. The van der Waals surface area contributed by atoms with Crippen molar-refractivity contribution in [2.75, 3.05) is 4.90 Å². The Morgan fingerprint density at radius 1 is 0.905 bits per heavy atom. The molecule has 0 saturated carbocycles. The Hall–Kier alpha value is -2.61. The summed E-state index contributed by atoms with van der Waals surface area (Å²) in [6, 6.07) is 20.3. The molecule has 1 heterocycles. The zero-order chi connectivity index (χ0) is 14.4. The lowest BCUT2D eigenvalue weighted by atomic mass is 9.94. The Kier molecular flexibility index (Phi) is 2.58. The van der Waals surface area contributed by atoms with Gasteiger partial charge in [0.25, 0.3) is 5.91 Å². The molecule has 0 aromatic heterocycles. The molecule has 1 amide bonds. The van der Waals surface area contributed by atoms with E-state index in [2.05, 4.69) is 31.2 Å². The minimum Gasteiger partial charge on any atom is -0.304 e. The van der Waals surface area contributed by atoms with Crippen LogP contribution in [-0.2, 0) is 6.54 Å². The summed E-state index contributed by atoms with van der Waals surface area (Å²) >= 11 is 0. The van der Waals surface area contributed by atoms with Crippen LogP contribution >= 0.6 is 0 Å². The molecule has 0 saturated heterocycles. The van der Waals surface area contributed by atoms with Gasteiger partial charge < -0.3 is 4.90 Å². The van der Waals surface area contributed by atoms with Crippen LogP contribution in [0.25, 0.3) is 10.8 Å². The van der Waals surface area contributed by atoms with Crippen LogP contribution < -0.4 is 4.90 Å². The molecule has 0 spiro atoms. The second kappa shape index (κ2) is 4.45. The van der Waals surface area contributed by atoms with Gasteiger partial charge in [-0.05, 0) is 41.5 Å². The van der Waals surface area contributed by atoms with Crippen LogP contribution in [0.1, 0.15) is 21.5 Å². The maximum Gasteiger partial charge on any atom is 0.259 e. The van der Waals surface area contributed by atoms with Gasteiger partial charge >= 0.3 is 0 Å². The van der Waals surface area contributed by atoms with Crippen LogP contribution in [0.2, 0.25) is 0 Å². The zero-order valence-electron chi connectivity index (χ0n) is 11.8. The molecule has 0 aliphatic carbocycles. The quantitative estimate of drug-likeness (QED) is 0.647. The third-order valence-electron chi connectivity index (χ3n) is 4.14. The first kappa shape index (κ1) is 12.2. The maximum absolute atomic E-state index is 12.8. The normalized spacial score (nSPS) is 13.8. The summed E-state index contributed by atoms with van der Waals surface area (Å²) in [5.41, 5.74) is 4.17. The van der Waals surface area contributed by atoms with Crippen molar-refractivity contribution in [2.24, 2.45) is 0 Å². The van der Waals surface area contributed by atoms with Crippen LogP contribution in [0.3, 0.4) is 0 Å². The zero-order valence-corrected chi connectivity index (χ0v) is 11.8. The van der Waals surface area contributed by atoms with Crippen LogP contribution in [0.5, 0.6) is 0 Å². The fourth-order valence-corrected chi connectivity index (χ4v) is 3.05. The van der Waals surface area contributed by atoms with Gasteiger partial charge in [0.2, 0.25) is 0 Å². The summed E-state index contributed by atoms with van der Waals surface area (Å²) in [4.78, 5) is 14.7. The minimum atomic E-state index is 0.0863. The van der Waals surface area contributed by atoms with Gasteiger partial charge in [0.1, 0.15) is 0 Å². The van der Waals surface area contributed by atoms with Gasteiger partial charge in [0.05, 0.1) is 6.54 Å². The lowest BCUT2D eigenvalue weighted by Crippen LogP contribution is -2.33. The van der Waals surface area contributed by atoms with Gasteiger partial charge in [-0.2, -0.15) is 0 Å². The molecule has 3 aromatic carbocycles. The minimum absolute atomic E-state index is 0.0863. The average Bonchev–Trinajstić information content (AvgIpc) is 2.52. The second-order valence-electron chi connectivity index (χ2n) is 5.55. The lowest BCUT2D eigenvalue weighted by molar-refractivity contribution is 0.0984. The smallest absolute Gasteiger partial charge is 0.259 e. The first-order valence-electron chi connectivity index (χ1n) is 7.13. The van der Waals surface area contributed by atoms with E-state index in [0.29, 0.717) is 6.54 Å². The molecular weight excluding hydrogens is 258 g/mol. The number of nitrogens with zero attached hydrogens (tertiary/aromatic N) is 1. The predicted octanol–water partition coefficient (Wildman–Crippen LogP) is 4.31. The highest BCUT2D eigenvalue weighted by molar-refractivity contribution is 6.17. The third kappa shape index (κ3) is 1.83. The molecular formula is C19H15NO. The topological polar surface area (TPSA) is 20.3 Å². The SMILES string of the molecule is Cc1ccc(N2Cc3cccc4cccc(c34)C2=O)cc1. The van der Waals surface area contributed by atoms with Crippen LogP contribution in [0.4, 0.5) is 5.69 Å². The Morgan fingerprint density at radius 2 is 1.62 bits per heavy atom. The number of anilines is 1. The highest BCUT2D eigenvalue weighted by atomic mass is 16.2. The van der Waals surface area contributed by atoms with E-state index in [0.717, 1.165) is 22.0 Å². The van der Waals surface area contributed by atoms with Gasteiger partial charge in [-0.3, -0.25) is 4.79 Å². The first-order valence-corrected chi connectivity index (χ1v) is 7.13. The molecule has 0 atom stereocenters. The Bertz CT molecular complexity index is 844. The largest absolute Gasteiger partial charge is 0.304 e. The van der Waals surface area contributed by atoms with Crippen molar-refractivity contribution in [1.29, 1.82) is 0 Å². The number of hydrogen-bond acceptors (Lipinski definition) is 1. The van der Waals surface area contributed by atoms with E-state index < -0.39 is 0 Å². The van der Waals surface area contributed by atoms with Crippen molar-refractivity contribution in [3.63, 3.8) is 0 Å². The first-order chi connectivity index (χ1) is 10.2. The Labute approximate surface area is 123 Å². The van der Waals surface area contributed by atoms with E-state index in [1.807, 2.05) is 41.3 Å². The van der Waals surface area contributed by atoms with Crippen molar-refractivity contribution < 1.29 is 4.79 Å². The number of hydrogen-bond donors (Lipinski definition) is 0. The van der Waals surface area contributed by atoms with Gasteiger partial charge in [0, 0.05) is 11.3 Å². The van der Waals surface area contributed by atoms with E-state index >= 15 is 0 Å². The highest BCUT2D eigenvalue weighted by Crippen LogP contribution is 2.32. The lowest BCUT2D eigenvalue weighted by Gasteiger charge is -2.29. The second-order valence-corrected chi connectivity index (χ2v) is 5.55. The molecule has 102 valence electrons. The van der Waals surface area contributed by atoms with Gasteiger partial charge in [-0.1, -0.05) is 48.0 Å². The molecule has 4 rings (SSSR count). The average molecular weight is 273 g/mol. The molecule has 0 N–H and O–H groups in total. The Morgan fingerprint density at radius 3 is 2.38 bits per heavy atom. The summed E-state index contributed by atoms with van der Waals surface area (Å²) in [5, 5.41) is 2.25. The van der Waals surface area contributed by atoms with E-state index in [1.165, 1.54) is 11.1 Å². The molecule has 1 aliphatic heterocycles. The van der Waals surface area contributed by atoms with Gasteiger partial charge in [-0.15, -0.1) is 0 Å². The number of carbonyl (C=O) groups is 1. The number of benzene rings is 3. The molecule has 0 fully saturated rings. The molecule has 3 aromatic rings. The van der Waals surface area contributed by atoms with Crippen molar-refractivity contribution >= 4 is 22.4 Å².